The number of alkyl halides is 3. The molecule has 1 aliphatic heterocycles. The number of carboxylic acid groups (broad SMARTS) is 1. The van der Waals surface area contributed by atoms with E-state index in [1.807, 2.05) is 0 Å². The third kappa shape index (κ3) is 4.39. The van der Waals surface area contributed by atoms with Crippen LogP contribution >= 0.6 is 0 Å². The van der Waals surface area contributed by atoms with Crippen LogP contribution < -0.4 is 10.2 Å². The molecule has 0 radical (unpaired) electrons. The number of anilines is 1. The third-order valence-electron chi connectivity index (χ3n) is 4.72. The minimum atomic E-state index is -5.18. The molecule has 2 aromatic rings. The van der Waals surface area contributed by atoms with Gasteiger partial charge in [0.05, 0.1) is 0 Å². The minimum absolute atomic E-state index is 0.0960. The van der Waals surface area contributed by atoms with Crippen LogP contribution in [-0.4, -0.2) is 41.7 Å². The van der Waals surface area contributed by atoms with Crippen molar-refractivity contribution < 1.29 is 32.7 Å². The number of carbonyl (C=O) groups is 3. The molecule has 6 nitrogen and oxygen atoms in total. The maximum Gasteiger partial charge on any atom is 0.471 e. The highest BCUT2D eigenvalue weighted by Gasteiger charge is 2.42. The molecular formula is C20H17F3N2O4. The number of benzene rings is 2. The summed E-state index contributed by atoms with van der Waals surface area (Å²) in [5.41, 5.74) is 1.64. The number of hydrogen-bond acceptors (Lipinski definition) is 3. The first-order chi connectivity index (χ1) is 13.7. The fourth-order valence-corrected chi connectivity index (χ4v) is 3.37. The highest BCUT2D eigenvalue weighted by molar-refractivity contribution is 6.07. The van der Waals surface area contributed by atoms with Gasteiger partial charge in [-0.1, -0.05) is 36.4 Å². The maximum absolute atomic E-state index is 12.9. The molecule has 2 atom stereocenters. The maximum atomic E-state index is 12.9. The van der Waals surface area contributed by atoms with Crippen LogP contribution in [0.1, 0.15) is 28.3 Å². The Labute approximate surface area is 163 Å². The second-order valence-corrected chi connectivity index (χ2v) is 6.64. The van der Waals surface area contributed by atoms with E-state index < -0.39 is 30.0 Å². The van der Waals surface area contributed by atoms with Crippen LogP contribution in [0.5, 0.6) is 0 Å². The van der Waals surface area contributed by atoms with E-state index in [9.17, 15) is 32.7 Å². The lowest BCUT2D eigenvalue weighted by Crippen LogP contribution is -2.47. The van der Waals surface area contributed by atoms with Crippen LogP contribution in [0.4, 0.5) is 18.9 Å². The number of fused-ring (bicyclic) bond motifs is 1. The minimum Gasteiger partial charge on any atom is -0.480 e. The van der Waals surface area contributed by atoms with Gasteiger partial charge in [-0.15, -0.1) is 0 Å². The number of hydrogen-bond donors (Lipinski definition) is 2. The van der Waals surface area contributed by atoms with Crippen molar-refractivity contribution >= 4 is 23.5 Å². The summed E-state index contributed by atoms with van der Waals surface area (Å²) >= 11 is 0. The van der Waals surface area contributed by atoms with E-state index in [1.165, 1.54) is 10.2 Å². The van der Waals surface area contributed by atoms with Crippen molar-refractivity contribution in [3.8, 4) is 0 Å². The Morgan fingerprint density at radius 3 is 2.31 bits per heavy atom. The van der Waals surface area contributed by atoms with Crippen LogP contribution in [0.2, 0.25) is 0 Å². The molecule has 0 saturated heterocycles. The van der Waals surface area contributed by atoms with Crippen molar-refractivity contribution in [3.05, 3.63) is 65.7 Å². The number of halogens is 3. The van der Waals surface area contributed by atoms with Crippen molar-refractivity contribution in [1.82, 2.24) is 5.32 Å². The highest BCUT2D eigenvalue weighted by Crippen LogP contribution is 2.39. The molecule has 0 aliphatic carbocycles. The monoisotopic (exact) mass is 406 g/mol. The zero-order valence-electron chi connectivity index (χ0n) is 15.0. The number of nitrogens with zero attached hydrogens (tertiary/aromatic N) is 1. The van der Waals surface area contributed by atoms with Crippen molar-refractivity contribution in [1.29, 1.82) is 0 Å². The van der Waals surface area contributed by atoms with Gasteiger partial charge in [0.15, 0.2) is 0 Å². The molecule has 0 bridgehead atoms. The first-order valence-corrected chi connectivity index (χ1v) is 8.75. The van der Waals surface area contributed by atoms with Gasteiger partial charge in [0.2, 0.25) is 0 Å². The third-order valence-corrected chi connectivity index (χ3v) is 4.72. The lowest BCUT2D eigenvalue weighted by atomic mass is 9.94. The van der Waals surface area contributed by atoms with E-state index in [4.69, 9.17) is 0 Å². The van der Waals surface area contributed by atoms with E-state index >= 15 is 0 Å². The van der Waals surface area contributed by atoms with Gasteiger partial charge in [0.1, 0.15) is 6.04 Å². The molecule has 2 amide bonds. The molecule has 0 fully saturated rings. The Morgan fingerprint density at radius 1 is 1.07 bits per heavy atom. The Bertz CT molecular complexity index is 931. The van der Waals surface area contributed by atoms with E-state index in [0.717, 1.165) is 0 Å². The molecule has 0 saturated carbocycles. The van der Waals surface area contributed by atoms with E-state index in [2.05, 4.69) is 0 Å². The highest BCUT2D eigenvalue weighted by atomic mass is 19.4. The number of rotatable bonds is 5. The zero-order chi connectivity index (χ0) is 21.2. The average Bonchev–Trinajstić information content (AvgIpc) is 3.05. The quantitative estimate of drug-likeness (QED) is 0.800. The molecule has 3 rings (SSSR count). The summed E-state index contributed by atoms with van der Waals surface area (Å²) in [5.74, 6) is -4.73. The summed E-state index contributed by atoms with van der Waals surface area (Å²) in [4.78, 5) is 37.0. The SMILES string of the molecule is O=C(O)[C@H](C[C@@H]1CN(C(=O)c2ccccc2)c2ccccc21)NC(=O)C(F)(F)F. The van der Waals surface area contributed by atoms with Crippen LogP contribution in [0.15, 0.2) is 54.6 Å². The van der Waals surface area contributed by atoms with Gasteiger partial charge in [0, 0.05) is 23.7 Å². The van der Waals surface area contributed by atoms with E-state index in [1.54, 1.807) is 54.6 Å². The predicted molar refractivity (Wildman–Crippen MR) is 97.5 cm³/mol. The second-order valence-electron chi connectivity index (χ2n) is 6.64. The number of para-hydroxylation sites is 1. The lowest BCUT2D eigenvalue weighted by molar-refractivity contribution is -0.175. The Hall–Kier alpha value is -3.36. The van der Waals surface area contributed by atoms with Gasteiger partial charge in [-0.2, -0.15) is 13.2 Å². The number of carboxylic acids is 1. The van der Waals surface area contributed by atoms with Gasteiger partial charge in [0.25, 0.3) is 5.91 Å². The van der Waals surface area contributed by atoms with Gasteiger partial charge in [-0.3, -0.25) is 9.59 Å². The summed E-state index contributed by atoms with van der Waals surface area (Å²) < 4.78 is 37.6. The summed E-state index contributed by atoms with van der Waals surface area (Å²) in [6.45, 7) is 0.0960. The zero-order valence-corrected chi connectivity index (χ0v) is 15.0. The lowest BCUT2D eigenvalue weighted by Gasteiger charge is -2.21. The van der Waals surface area contributed by atoms with Crippen molar-refractivity contribution in [2.24, 2.45) is 0 Å². The van der Waals surface area contributed by atoms with Crippen LogP contribution in [-0.2, 0) is 9.59 Å². The molecule has 1 aliphatic rings. The predicted octanol–water partition coefficient (Wildman–Crippen LogP) is 2.95. The number of carbonyl (C=O) groups excluding carboxylic acids is 2. The standard InChI is InChI=1S/C20H17F3N2O4/c21-20(22,23)19(29)24-15(18(27)28)10-13-11-25(16-9-5-4-8-14(13)16)17(26)12-6-2-1-3-7-12/h1-9,13,15H,10-11H2,(H,24,29)(H,27,28)/t13-,15+/m1/s1. The van der Waals surface area contributed by atoms with Gasteiger partial charge >= 0.3 is 18.1 Å². The van der Waals surface area contributed by atoms with Crippen molar-refractivity contribution in [2.75, 3.05) is 11.4 Å². The second kappa shape index (κ2) is 7.94. The number of amides is 2. The molecule has 9 heteroatoms. The summed E-state index contributed by atoms with van der Waals surface area (Å²) in [7, 11) is 0. The molecule has 29 heavy (non-hydrogen) atoms. The average molecular weight is 406 g/mol. The van der Waals surface area contributed by atoms with Crippen molar-refractivity contribution in [3.63, 3.8) is 0 Å². The van der Waals surface area contributed by atoms with Crippen LogP contribution in [0.25, 0.3) is 0 Å². The first kappa shape index (κ1) is 20.4. The first-order valence-electron chi connectivity index (χ1n) is 8.75. The van der Waals surface area contributed by atoms with Gasteiger partial charge < -0.3 is 15.3 Å². The summed E-state index contributed by atoms with van der Waals surface area (Å²) in [6.07, 6.45) is -5.47. The van der Waals surface area contributed by atoms with Gasteiger partial charge in [-0.05, 0) is 30.2 Å². The van der Waals surface area contributed by atoms with Crippen molar-refractivity contribution in [2.45, 2.75) is 24.6 Å². The molecule has 2 aromatic carbocycles. The number of aliphatic carboxylic acids is 1. The molecular weight excluding hydrogens is 389 g/mol. The van der Waals surface area contributed by atoms with Crippen LogP contribution in [0, 0.1) is 0 Å². The Balaban J connectivity index is 1.84. The van der Waals surface area contributed by atoms with Gasteiger partial charge in [-0.25, -0.2) is 4.79 Å². The molecule has 0 unspecified atom stereocenters. The topological polar surface area (TPSA) is 86.7 Å². The molecule has 152 valence electrons. The normalized spacial score (nSPS) is 16.8. The summed E-state index contributed by atoms with van der Waals surface area (Å²) in [6, 6.07) is 13.5. The molecule has 2 N–H and O–H groups in total. The molecule has 0 aromatic heterocycles. The molecule has 0 spiro atoms. The van der Waals surface area contributed by atoms with E-state index in [-0.39, 0.29) is 18.9 Å². The van der Waals surface area contributed by atoms with Crippen LogP contribution in [0.3, 0.4) is 0 Å². The summed E-state index contributed by atoms with van der Waals surface area (Å²) in [5, 5.41) is 10.8. The Morgan fingerprint density at radius 2 is 1.69 bits per heavy atom. The molecule has 1 heterocycles. The number of nitrogens with one attached hydrogen (secondary N) is 1. The smallest absolute Gasteiger partial charge is 0.471 e. The largest absolute Gasteiger partial charge is 0.480 e. The fraction of sp³-hybridized carbons (Fsp3) is 0.250. The van der Waals surface area contributed by atoms with E-state index in [0.29, 0.717) is 16.8 Å². The Kier molecular flexibility index (Phi) is 5.58. The fourth-order valence-electron chi connectivity index (χ4n) is 3.37.